The minimum atomic E-state index is -4.09. The van der Waals surface area contributed by atoms with E-state index in [1.54, 1.807) is 0 Å². The van der Waals surface area contributed by atoms with Crippen LogP contribution < -0.4 is 5.32 Å². The molecule has 2 fully saturated rings. The molecule has 0 spiro atoms. The molecule has 9 heteroatoms. The molecule has 1 saturated heterocycles. The summed E-state index contributed by atoms with van der Waals surface area (Å²) in [6.07, 6.45) is 1.95. The number of piperazine rings is 1. The number of rotatable bonds is 6. The molecule has 160 valence electrons. The molecular weight excluding hydrogens is 412 g/mol. The van der Waals surface area contributed by atoms with E-state index in [0.29, 0.717) is 19.2 Å². The van der Waals surface area contributed by atoms with Crippen LogP contribution in [0.5, 0.6) is 0 Å². The summed E-state index contributed by atoms with van der Waals surface area (Å²) in [7, 11) is -4.09. The molecule has 1 atom stereocenters. The first-order valence-corrected chi connectivity index (χ1v) is 11.3. The van der Waals surface area contributed by atoms with Crippen LogP contribution >= 0.6 is 0 Å². The quantitative estimate of drug-likeness (QED) is 0.756. The number of sulfonamides is 1. The molecule has 0 unspecified atom stereocenters. The van der Waals surface area contributed by atoms with Gasteiger partial charge in [0.05, 0.1) is 0 Å². The van der Waals surface area contributed by atoms with Crippen LogP contribution in [0.1, 0.15) is 24.4 Å². The molecule has 2 aromatic carbocycles. The van der Waals surface area contributed by atoms with E-state index in [4.69, 9.17) is 0 Å². The second-order valence-corrected chi connectivity index (χ2v) is 9.52. The van der Waals surface area contributed by atoms with Crippen molar-refractivity contribution < 1.29 is 22.0 Å². The standard InChI is InChI=1S/C21H23F2N3O3S/c22-16-6-9-19(18(23)14-16)30(28,29)26-12-10-25(11-13-26)20(15-4-2-1-3-5-15)21(27)24-17-7-8-17/h1-6,9,14,17,20H,7-8,10-13H2,(H,24,27)/t20-/m0/s1. The highest BCUT2D eigenvalue weighted by Gasteiger charge is 2.36. The second kappa shape index (κ2) is 8.41. The number of nitrogens with one attached hydrogen (secondary N) is 1. The summed E-state index contributed by atoms with van der Waals surface area (Å²) in [4.78, 5) is 14.3. The fourth-order valence-corrected chi connectivity index (χ4v) is 5.16. The molecule has 2 aromatic rings. The molecule has 0 bridgehead atoms. The van der Waals surface area contributed by atoms with Gasteiger partial charge < -0.3 is 5.32 Å². The van der Waals surface area contributed by atoms with Crippen molar-refractivity contribution in [1.82, 2.24) is 14.5 Å². The van der Waals surface area contributed by atoms with Gasteiger partial charge >= 0.3 is 0 Å². The molecule has 1 amide bonds. The minimum Gasteiger partial charge on any atom is -0.352 e. The molecule has 1 aliphatic heterocycles. The fraction of sp³-hybridized carbons (Fsp3) is 0.381. The zero-order chi connectivity index (χ0) is 21.3. The number of nitrogens with zero attached hydrogens (tertiary/aromatic N) is 2. The average Bonchev–Trinajstić information content (AvgIpc) is 3.53. The third-order valence-corrected chi connectivity index (χ3v) is 7.37. The van der Waals surface area contributed by atoms with E-state index in [1.807, 2.05) is 35.2 Å². The Kier molecular flexibility index (Phi) is 5.86. The number of amides is 1. The van der Waals surface area contributed by atoms with E-state index in [2.05, 4.69) is 5.32 Å². The largest absolute Gasteiger partial charge is 0.352 e. The van der Waals surface area contributed by atoms with E-state index in [9.17, 15) is 22.0 Å². The molecule has 2 aliphatic rings. The molecule has 1 N–H and O–H groups in total. The first-order chi connectivity index (χ1) is 14.4. The minimum absolute atomic E-state index is 0.0930. The maximum absolute atomic E-state index is 14.1. The maximum Gasteiger partial charge on any atom is 0.246 e. The topological polar surface area (TPSA) is 69.7 Å². The SMILES string of the molecule is O=C(NC1CC1)[C@H](c1ccccc1)N1CCN(S(=O)(=O)c2ccc(F)cc2F)CC1. The van der Waals surface area contributed by atoms with E-state index >= 15 is 0 Å². The van der Waals surface area contributed by atoms with Crippen LogP contribution in [0, 0.1) is 11.6 Å². The van der Waals surface area contributed by atoms with E-state index in [1.165, 1.54) is 4.31 Å². The van der Waals surface area contributed by atoms with Gasteiger partial charge in [0.15, 0.2) is 0 Å². The summed E-state index contributed by atoms with van der Waals surface area (Å²) in [5.74, 6) is -2.03. The van der Waals surface area contributed by atoms with Crippen molar-refractivity contribution in [2.75, 3.05) is 26.2 Å². The van der Waals surface area contributed by atoms with E-state index in [-0.39, 0.29) is 25.0 Å². The summed E-state index contributed by atoms with van der Waals surface area (Å²) in [5, 5.41) is 3.03. The van der Waals surface area contributed by atoms with Crippen molar-refractivity contribution in [1.29, 1.82) is 0 Å². The molecule has 30 heavy (non-hydrogen) atoms. The van der Waals surface area contributed by atoms with Gasteiger partial charge in [-0.05, 0) is 30.5 Å². The lowest BCUT2D eigenvalue weighted by atomic mass is 10.0. The number of halogens is 2. The Morgan fingerprint density at radius 2 is 1.67 bits per heavy atom. The van der Waals surface area contributed by atoms with E-state index in [0.717, 1.165) is 30.5 Å². The van der Waals surface area contributed by atoms with Crippen molar-refractivity contribution >= 4 is 15.9 Å². The zero-order valence-corrected chi connectivity index (χ0v) is 17.1. The third kappa shape index (κ3) is 4.38. The Hall–Kier alpha value is -2.36. The molecule has 1 heterocycles. The number of carbonyl (C=O) groups excluding carboxylic acids is 1. The van der Waals surface area contributed by atoms with Crippen LogP contribution in [0.15, 0.2) is 53.4 Å². The number of carbonyl (C=O) groups is 1. The number of benzene rings is 2. The smallest absolute Gasteiger partial charge is 0.246 e. The predicted molar refractivity (Wildman–Crippen MR) is 107 cm³/mol. The van der Waals surface area contributed by atoms with Gasteiger partial charge in [-0.25, -0.2) is 17.2 Å². The summed E-state index contributed by atoms with van der Waals surface area (Å²) in [6, 6.07) is 11.5. The first kappa shape index (κ1) is 20.9. The number of hydrogen-bond donors (Lipinski definition) is 1. The van der Waals surface area contributed by atoms with Crippen molar-refractivity contribution in [3.05, 3.63) is 65.7 Å². The van der Waals surface area contributed by atoms with Crippen molar-refractivity contribution in [3.8, 4) is 0 Å². The van der Waals surface area contributed by atoms with Gasteiger partial charge in [-0.3, -0.25) is 9.69 Å². The van der Waals surface area contributed by atoms with Gasteiger partial charge in [0.2, 0.25) is 15.9 Å². The zero-order valence-electron chi connectivity index (χ0n) is 16.3. The molecule has 0 radical (unpaired) electrons. The van der Waals surface area contributed by atoms with Gasteiger partial charge in [0.1, 0.15) is 22.6 Å². The van der Waals surface area contributed by atoms with Crippen molar-refractivity contribution in [3.63, 3.8) is 0 Å². The van der Waals surface area contributed by atoms with Gasteiger partial charge in [-0.15, -0.1) is 0 Å². The Balaban J connectivity index is 1.50. The number of hydrogen-bond acceptors (Lipinski definition) is 4. The molecule has 0 aromatic heterocycles. The Morgan fingerprint density at radius 1 is 1.00 bits per heavy atom. The highest BCUT2D eigenvalue weighted by atomic mass is 32.2. The van der Waals surface area contributed by atoms with Crippen LogP contribution in [0.25, 0.3) is 0 Å². The highest BCUT2D eigenvalue weighted by molar-refractivity contribution is 7.89. The summed E-state index contributed by atoms with van der Waals surface area (Å²) < 4.78 is 54.0. The second-order valence-electron chi connectivity index (χ2n) is 7.61. The van der Waals surface area contributed by atoms with Crippen LogP contribution in [0.3, 0.4) is 0 Å². The molecular formula is C21H23F2N3O3S. The molecule has 6 nitrogen and oxygen atoms in total. The van der Waals surface area contributed by atoms with Gasteiger partial charge in [-0.1, -0.05) is 30.3 Å². The van der Waals surface area contributed by atoms with E-state index < -0.39 is 32.6 Å². The lowest BCUT2D eigenvalue weighted by Crippen LogP contribution is -2.52. The van der Waals surface area contributed by atoms with Crippen molar-refractivity contribution in [2.45, 2.75) is 29.8 Å². The first-order valence-electron chi connectivity index (χ1n) is 9.91. The summed E-state index contributed by atoms with van der Waals surface area (Å²) >= 11 is 0. The molecule has 1 aliphatic carbocycles. The van der Waals surface area contributed by atoms with Crippen molar-refractivity contribution in [2.24, 2.45) is 0 Å². The van der Waals surface area contributed by atoms with Gasteiger partial charge in [-0.2, -0.15) is 4.31 Å². The van der Waals surface area contributed by atoms with Gasteiger partial charge in [0, 0.05) is 38.3 Å². The van der Waals surface area contributed by atoms with Crippen LogP contribution in [0.2, 0.25) is 0 Å². The Bertz CT molecular complexity index is 1020. The third-order valence-electron chi connectivity index (χ3n) is 5.44. The predicted octanol–water partition coefficient (Wildman–Crippen LogP) is 2.29. The summed E-state index contributed by atoms with van der Waals surface area (Å²) in [5.41, 5.74) is 0.844. The molecule has 4 rings (SSSR count). The van der Waals surface area contributed by atoms with Gasteiger partial charge in [0.25, 0.3) is 0 Å². The Labute approximate surface area is 174 Å². The monoisotopic (exact) mass is 435 g/mol. The molecule has 1 saturated carbocycles. The average molecular weight is 435 g/mol. The lowest BCUT2D eigenvalue weighted by Gasteiger charge is -2.38. The maximum atomic E-state index is 14.1. The van der Waals surface area contributed by atoms with Crippen LogP contribution in [-0.4, -0.2) is 55.8 Å². The normalized spacial score (nSPS) is 19.4. The summed E-state index contributed by atoms with van der Waals surface area (Å²) in [6.45, 7) is 0.859. The highest BCUT2D eigenvalue weighted by Crippen LogP contribution is 2.28. The fourth-order valence-electron chi connectivity index (χ4n) is 3.70. The Morgan fingerprint density at radius 3 is 2.27 bits per heavy atom. The lowest BCUT2D eigenvalue weighted by molar-refractivity contribution is -0.127. The van der Waals surface area contributed by atoms with Crippen LogP contribution in [-0.2, 0) is 14.8 Å². The van der Waals surface area contributed by atoms with Crippen LogP contribution in [0.4, 0.5) is 8.78 Å².